The molecule has 1 atom stereocenters. The van der Waals surface area contributed by atoms with Crippen LogP contribution in [-0.2, 0) is 0 Å². The molecule has 1 saturated heterocycles. The van der Waals surface area contributed by atoms with Crippen LogP contribution >= 0.6 is 34.8 Å². The van der Waals surface area contributed by atoms with Gasteiger partial charge in [0.25, 0.3) is 0 Å². The molecular formula is C15H18Cl3NO. The third-order valence-corrected chi connectivity index (χ3v) is 5.13. The highest BCUT2D eigenvalue weighted by Crippen LogP contribution is 2.38. The highest BCUT2D eigenvalue weighted by atomic mass is 35.5. The summed E-state index contributed by atoms with van der Waals surface area (Å²) in [7, 11) is 0. The first-order valence-electron chi connectivity index (χ1n) is 6.90. The zero-order valence-electron chi connectivity index (χ0n) is 11.4. The minimum Gasteiger partial charge on any atom is -0.316 e. The number of nitrogens with one attached hydrogen (secondary N) is 1. The Kier molecular flexibility index (Phi) is 5.36. The number of carbonyl (C=O) groups is 1. The van der Waals surface area contributed by atoms with Gasteiger partial charge in [-0.25, -0.2) is 0 Å². The van der Waals surface area contributed by atoms with Crippen LogP contribution < -0.4 is 5.32 Å². The van der Waals surface area contributed by atoms with E-state index in [1.54, 1.807) is 12.1 Å². The molecule has 1 unspecified atom stereocenters. The molecule has 1 N–H and O–H groups in total. The molecule has 1 fully saturated rings. The van der Waals surface area contributed by atoms with Gasteiger partial charge < -0.3 is 5.32 Å². The second-order valence-corrected chi connectivity index (χ2v) is 6.59. The molecule has 1 aliphatic rings. The third kappa shape index (κ3) is 3.14. The fraction of sp³-hybridized carbons (Fsp3) is 0.533. The van der Waals surface area contributed by atoms with Gasteiger partial charge in [0.1, 0.15) is 0 Å². The lowest BCUT2D eigenvalue weighted by molar-refractivity contribution is 0.0718. The second-order valence-electron chi connectivity index (χ2n) is 5.39. The molecule has 0 amide bonds. The molecule has 2 nitrogen and oxygen atoms in total. The summed E-state index contributed by atoms with van der Waals surface area (Å²) in [5.74, 6) is 0.118. The standard InChI is InChI=1S/C15H18Cl3NO/c1-2-4-15(5-3-6-19-9-15)14(20)10-7-11(16)13(18)12(17)8-10/h7-8,19H,2-6,9H2,1H3. The summed E-state index contributed by atoms with van der Waals surface area (Å²) in [6.45, 7) is 3.80. The number of hydrogen-bond donors (Lipinski definition) is 1. The lowest BCUT2D eigenvalue weighted by Gasteiger charge is -2.36. The Morgan fingerprint density at radius 2 is 1.95 bits per heavy atom. The van der Waals surface area contributed by atoms with E-state index >= 15 is 0 Å². The molecule has 0 radical (unpaired) electrons. The number of carbonyl (C=O) groups excluding carboxylic acids is 1. The molecule has 0 spiro atoms. The largest absolute Gasteiger partial charge is 0.316 e. The number of Topliss-reactive ketones (excluding diaryl/α,β-unsaturated/α-hetero) is 1. The van der Waals surface area contributed by atoms with E-state index in [9.17, 15) is 4.79 Å². The number of piperidine rings is 1. The van der Waals surface area contributed by atoms with Crippen molar-refractivity contribution in [1.82, 2.24) is 5.32 Å². The lowest BCUT2D eigenvalue weighted by atomic mass is 9.71. The monoisotopic (exact) mass is 333 g/mol. The maximum absolute atomic E-state index is 12.9. The Balaban J connectivity index is 2.37. The Labute approximate surface area is 134 Å². The summed E-state index contributed by atoms with van der Waals surface area (Å²) in [6.07, 6.45) is 3.77. The van der Waals surface area contributed by atoms with Crippen LogP contribution in [0.15, 0.2) is 12.1 Å². The predicted octanol–water partition coefficient (Wildman–Crippen LogP) is 5.00. The molecule has 0 aromatic heterocycles. The Hall–Kier alpha value is -0.280. The average Bonchev–Trinajstić information content (AvgIpc) is 2.44. The summed E-state index contributed by atoms with van der Waals surface area (Å²) in [5.41, 5.74) is 0.217. The first kappa shape index (κ1) is 16.1. The van der Waals surface area contributed by atoms with Crippen LogP contribution in [0.5, 0.6) is 0 Å². The fourth-order valence-corrected chi connectivity index (χ4v) is 3.56. The predicted molar refractivity (Wildman–Crippen MR) is 85.2 cm³/mol. The molecule has 1 aliphatic heterocycles. The van der Waals surface area contributed by atoms with Crippen molar-refractivity contribution in [3.63, 3.8) is 0 Å². The van der Waals surface area contributed by atoms with Gasteiger partial charge in [-0.3, -0.25) is 4.79 Å². The van der Waals surface area contributed by atoms with E-state index < -0.39 is 0 Å². The van der Waals surface area contributed by atoms with E-state index in [2.05, 4.69) is 12.2 Å². The average molecular weight is 335 g/mol. The number of rotatable bonds is 4. The maximum atomic E-state index is 12.9. The molecule has 0 aliphatic carbocycles. The normalized spacial score (nSPS) is 22.8. The second kappa shape index (κ2) is 6.65. The third-order valence-electron chi connectivity index (χ3n) is 3.93. The quantitative estimate of drug-likeness (QED) is 0.620. The summed E-state index contributed by atoms with van der Waals surface area (Å²) >= 11 is 18.0. The van der Waals surface area contributed by atoms with E-state index in [0.29, 0.717) is 20.6 Å². The molecule has 110 valence electrons. The minimum absolute atomic E-state index is 0.118. The molecule has 1 aromatic rings. The van der Waals surface area contributed by atoms with Crippen molar-refractivity contribution in [1.29, 1.82) is 0 Å². The zero-order chi connectivity index (χ0) is 14.8. The van der Waals surface area contributed by atoms with E-state index in [4.69, 9.17) is 34.8 Å². The maximum Gasteiger partial charge on any atom is 0.170 e. The molecule has 2 rings (SSSR count). The Bertz CT molecular complexity index is 481. The highest BCUT2D eigenvalue weighted by Gasteiger charge is 2.39. The molecule has 20 heavy (non-hydrogen) atoms. The minimum atomic E-state index is -0.340. The summed E-state index contributed by atoms with van der Waals surface area (Å²) in [6, 6.07) is 3.26. The number of benzene rings is 1. The van der Waals surface area contributed by atoms with Crippen molar-refractivity contribution in [2.45, 2.75) is 32.6 Å². The van der Waals surface area contributed by atoms with Crippen LogP contribution in [0.25, 0.3) is 0 Å². The first-order valence-corrected chi connectivity index (χ1v) is 8.03. The van der Waals surface area contributed by atoms with Crippen LogP contribution in [-0.4, -0.2) is 18.9 Å². The van der Waals surface area contributed by atoms with Crippen molar-refractivity contribution in [3.8, 4) is 0 Å². The molecule has 5 heteroatoms. The molecular weight excluding hydrogens is 317 g/mol. The van der Waals surface area contributed by atoms with Gasteiger partial charge in [0.15, 0.2) is 5.78 Å². The van der Waals surface area contributed by atoms with Gasteiger partial charge in [0.05, 0.1) is 15.1 Å². The Morgan fingerprint density at radius 3 is 2.45 bits per heavy atom. The van der Waals surface area contributed by atoms with Crippen molar-refractivity contribution in [2.24, 2.45) is 5.41 Å². The van der Waals surface area contributed by atoms with Gasteiger partial charge in [-0.05, 0) is 37.9 Å². The fourth-order valence-electron chi connectivity index (χ4n) is 2.96. The SMILES string of the molecule is CCCC1(C(=O)c2cc(Cl)c(Cl)c(Cl)c2)CCCNC1. The van der Waals surface area contributed by atoms with Crippen LogP contribution in [0.4, 0.5) is 0 Å². The van der Waals surface area contributed by atoms with Crippen LogP contribution in [0, 0.1) is 5.41 Å². The lowest BCUT2D eigenvalue weighted by Crippen LogP contribution is -2.45. The van der Waals surface area contributed by atoms with Gasteiger partial charge in [-0.1, -0.05) is 48.1 Å². The van der Waals surface area contributed by atoms with Crippen LogP contribution in [0.2, 0.25) is 15.1 Å². The topological polar surface area (TPSA) is 29.1 Å². The molecule has 0 saturated carbocycles. The number of halogens is 3. The van der Waals surface area contributed by atoms with Crippen LogP contribution in [0.1, 0.15) is 43.0 Å². The van der Waals surface area contributed by atoms with E-state index in [-0.39, 0.29) is 11.2 Å². The molecule has 0 bridgehead atoms. The summed E-state index contributed by atoms with van der Waals surface area (Å²) < 4.78 is 0. The number of hydrogen-bond acceptors (Lipinski definition) is 2. The highest BCUT2D eigenvalue weighted by molar-refractivity contribution is 6.48. The molecule has 1 aromatic carbocycles. The Morgan fingerprint density at radius 1 is 1.30 bits per heavy atom. The smallest absolute Gasteiger partial charge is 0.170 e. The van der Waals surface area contributed by atoms with Gasteiger partial charge in [-0.2, -0.15) is 0 Å². The summed E-state index contributed by atoms with van der Waals surface area (Å²) in [5, 5.41) is 4.30. The summed E-state index contributed by atoms with van der Waals surface area (Å²) in [4.78, 5) is 12.9. The van der Waals surface area contributed by atoms with Crippen molar-refractivity contribution >= 4 is 40.6 Å². The van der Waals surface area contributed by atoms with E-state index in [0.717, 1.165) is 38.8 Å². The van der Waals surface area contributed by atoms with E-state index in [1.807, 2.05) is 0 Å². The van der Waals surface area contributed by atoms with Crippen molar-refractivity contribution in [3.05, 3.63) is 32.8 Å². The zero-order valence-corrected chi connectivity index (χ0v) is 13.7. The molecule has 1 heterocycles. The first-order chi connectivity index (χ1) is 9.50. The van der Waals surface area contributed by atoms with Gasteiger partial charge in [0.2, 0.25) is 0 Å². The van der Waals surface area contributed by atoms with Gasteiger partial charge in [-0.15, -0.1) is 0 Å². The van der Waals surface area contributed by atoms with E-state index in [1.165, 1.54) is 0 Å². The van der Waals surface area contributed by atoms with Gasteiger partial charge in [0, 0.05) is 17.5 Å². The van der Waals surface area contributed by atoms with Gasteiger partial charge >= 0.3 is 0 Å². The van der Waals surface area contributed by atoms with Crippen molar-refractivity contribution < 1.29 is 4.79 Å². The van der Waals surface area contributed by atoms with Crippen molar-refractivity contribution in [2.75, 3.05) is 13.1 Å². The number of ketones is 1. The van der Waals surface area contributed by atoms with Crippen LogP contribution in [0.3, 0.4) is 0 Å².